The molecule has 2 aromatic rings. The van der Waals surface area contributed by atoms with Crippen molar-refractivity contribution < 1.29 is 9.52 Å². The standard InChI is InChI=1S/C12H16N2O2/c1-9-13-11-8-10(4-5-12(11)16-9)14(2)6-3-7-15/h4-5,8,15H,3,6-7H2,1-2H3. The van der Waals surface area contributed by atoms with Crippen LogP contribution < -0.4 is 4.90 Å². The molecule has 0 radical (unpaired) electrons. The molecule has 1 N–H and O–H groups in total. The van der Waals surface area contributed by atoms with Crippen LogP contribution in [0.1, 0.15) is 12.3 Å². The monoisotopic (exact) mass is 220 g/mol. The van der Waals surface area contributed by atoms with Crippen molar-refractivity contribution in [3.05, 3.63) is 24.1 Å². The number of anilines is 1. The topological polar surface area (TPSA) is 49.5 Å². The van der Waals surface area contributed by atoms with Crippen molar-refractivity contribution in [3.8, 4) is 0 Å². The van der Waals surface area contributed by atoms with Crippen LogP contribution in [0, 0.1) is 6.92 Å². The molecule has 0 aliphatic carbocycles. The zero-order chi connectivity index (χ0) is 11.5. The Balaban J connectivity index is 2.24. The first-order valence-electron chi connectivity index (χ1n) is 5.40. The largest absolute Gasteiger partial charge is 0.441 e. The maximum atomic E-state index is 8.78. The highest BCUT2D eigenvalue weighted by molar-refractivity contribution is 5.77. The van der Waals surface area contributed by atoms with Crippen molar-refractivity contribution in [2.24, 2.45) is 0 Å². The number of benzene rings is 1. The van der Waals surface area contributed by atoms with Crippen LogP contribution in [0.4, 0.5) is 5.69 Å². The predicted molar refractivity (Wildman–Crippen MR) is 63.7 cm³/mol. The maximum absolute atomic E-state index is 8.78. The van der Waals surface area contributed by atoms with Gasteiger partial charge in [-0.05, 0) is 24.6 Å². The van der Waals surface area contributed by atoms with Crippen LogP contribution in [0.2, 0.25) is 0 Å². The van der Waals surface area contributed by atoms with E-state index in [1.165, 1.54) is 0 Å². The molecule has 0 bridgehead atoms. The Labute approximate surface area is 94.5 Å². The van der Waals surface area contributed by atoms with Gasteiger partial charge in [0, 0.05) is 32.8 Å². The Bertz CT molecular complexity index is 479. The van der Waals surface area contributed by atoms with Crippen molar-refractivity contribution in [2.75, 3.05) is 25.1 Å². The first-order valence-corrected chi connectivity index (χ1v) is 5.40. The molecule has 2 rings (SSSR count). The number of aliphatic hydroxyl groups excluding tert-OH is 1. The summed E-state index contributed by atoms with van der Waals surface area (Å²) in [4.78, 5) is 6.39. The summed E-state index contributed by atoms with van der Waals surface area (Å²) in [6, 6.07) is 5.94. The van der Waals surface area contributed by atoms with Crippen LogP contribution in [0.15, 0.2) is 22.6 Å². The summed E-state index contributed by atoms with van der Waals surface area (Å²) in [7, 11) is 2.00. The fourth-order valence-corrected chi connectivity index (χ4v) is 1.71. The smallest absolute Gasteiger partial charge is 0.192 e. The zero-order valence-corrected chi connectivity index (χ0v) is 9.60. The van der Waals surface area contributed by atoms with E-state index < -0.39 is 0 Å². The Morgan fingerprint density at radius 1 is 1.44 bits per heavy atom. The average molecular weight is 220 g/mol. The van der Waals surface area contributed by atoms with Gasteiger partial charge >= 0.3 is 0 Å². The Morgan fingerprint density at radius 3 is 3.00 bits per heavy atom. The van der Waals surface area contributed by atoms with Crippen LogP contribution >= 0.6 is 0 Å². The minimum Gasteiger partial charge on any atom is -0.441 e. The molecule has 0 saturated carbocycles. The van der Waals surface area contributed by atoms with E-state index in [4.69, 9.17) is 9.52 Å². The number of rotatable bonds is 4. The lowest BCUT2D eigenvalue weighted by molar-refractivity contribution is 0.290. The third kappa shape index (κ3) is 2.17. The van der Waals surface area contributed by atoms with E-state index in [0.29, 0.717) is 5.89 Å². The van der Waals surface area contributed by atoms with Gasteiger partial charge in [-0.1, -0.05) is 0 Å². The summed E-state index contributed by atoms with van der Waals surface area (Å²) in [5.41, 5.74) is 2.79. The third-order valence-electron chi connectivity index (χ3n) is 2.57. The molecular weight excluding hydrogens is 204 g/mol. The van der Waals surface area contributed by atoms with Crippen molar-refractivity contribution in [1.29, 1.82) is 0 Å². The maximum Gasteiger partial charge on any atom is 0.192 e. The van der Waals surface area contributed by atoms with Crippen LogP contribution in [0.25, 0.3) is 11.1 Å². The van der Waals surface area contributed by atoms with Gasteiger partial charge in [0.1, 0.15) is 5.52 Å². The van der Waals surface area contributed by atoms with E-state index in [-0.39, 0.29) is 6.61 Å². The van der Waals surface area contributed by atoms with E-state index >= 15 is 0 Å². The number of nitrogens with zero attached hydrogens (tertiary/aromatic N) is 2. The third-order valence-corrected chi connectivity index (χ3v) is 2.57. The summed E-state index contributed by atoms with van der Waals surface area (Å²) in [6.45, 7) is 2.89. The minimum atomic E-state index is 0.218. The van der Waals surface area contributed by atoms with Crippen LogP contribution in [-0.4, -0.2) is 30.3 Å². The van der Waals surface area contributed by atoms with Gasteiger partial charge in [0.2, 0.25) is 0 Å². The molecule has 0 saturated heterocycles. The predicted octanol–water partition coefficient (Wildman–Crippen LogP) is 1.95. The van der Waals surface area contributed by atoms with Gasteiger partial charge in [-0.15, -0.1) is 0 Å². The molecule has 4 nitrogen and oxygen atoms in total. The van der Waals surface area contributed by atoms with Gasteiger partial charge in [-0.3, -0.25) is 0 Å². The fourth-order valence-electron chi connectivity index (χ4n) is 1.71. The number of aryl methyl sites for hydroxylation is 1. The quantitative estimate of drug-likeness (QED) is 0.855. The van der Waals surface area contributed by atoms with Crippen LogP contribution in [0.3, 0.4) is 0 Å². The number of oxazole rings is 1. The molecule has 1 heterocycles. The number of hydrogen-bond acceptors (Lipinski definition) is 4. The van der Waals surface area contributed by atoms with Gasteiger partial charge in [0.05, 0.1) is 0 Å². The van der Waals surface area contributed by atoms with E-state index in [0.717, 1.165) is 29.8 Å². The summed E-state index contributed by atoms with van der Waals surface area (Å²) < 4.78 is 5.41. The lowest BCUT2D eigenvalue weighted by atomic mass is 10.2. The lowest BCUT2D eigenvalue weighted by Crippen LogP contribution is -2.19. The molecule has 0 unspecified atom stereocenters. The van der Waals surface area contributed by atoms with E-state index in [1.807, 2.05) is 32.2 Å². The highest BCUT2D eigenvalue weighted by atomic mass is 16.3. The summed E-state index contributed by atoms with van der Waals surface area (Å²) in [6.07, 6.45) is 0.770. The normalized spacial score (nSPS) is 10.9. The highest BCUT2D eigenvalue weighted by Gasteiger charge is 2.05. The molecule has 0 spiro atoms. The van der Waals surface area contributed by atoms with Crippen LogP contribution in [0.5, 0.6) is 0 Å². The SMILES string of the molecule is Cc1nc2cc(N(C)CCCO)ccc2o1. The van der Waals surface area contributed by atoms with E-state index in [2.05, 4.69) is 9.88 Å². The first kappa shape index (κ1) is 11.0. The fraction of sp³-hybridized carbons (Fsp3) is 0.417. The van der Waals surface area contributed by atoms with Gasteiger partial charge in [-0.25, -0.2) is 4.98 Å². The second-order valence-corrected chi connectivity index (χ2v) is 3.88. The minimum absolute atomic E-state index is 0.218. The number of aromatic nitrogens is 1. The second kappa shape index (κ2) is 4.53. The molecule has 4 heteroatoms. The summed E-state index contributed by atoms with van der Waals surface area (Å²) in [5.74, 6) is 0.685. The zero-order valence-electron chi connectivity index (χ0n) is 9.60. The van der Waals surface area contributed by atoms with Gasteiger partial charge in [-0.2, -0.15) is 0 Å². The molecule has 0 atom stereocenters. The van der Waals surface area contributed by atoms with Gasteiger partial charge in [0.25, 0.3) is 0 Å². The lowest BCUT2D eigenvalue weighted by Gasteiger charge is -2.18. The van der Waals surface area contributed by atoms with Gasteiger partial charge in [0.15, 0.2) is 11.5 Å². The number of fused-ring (bicyclic) bond motifs is 1. The molecule has 0 fully saturated rings. The van der Waals surface area contributed by atoms with Crippen molar-refractivity contribution in [2.45, 2.75) is 13.3 Å². The highest BCUT2D eigenvalue weighted by Crippen LogP contribution is 2.21. The van der Waals surface area contributed by atoms with E-state index in [9.17, 15) is 0 Å². The Hall–Kier alpha value is -1.55. The van der Waals surface area contributed by atoms with Crippen molar-refractivity contribution >= 4 is 16.8 Å². The van der Waals surface area contributed by atoms with E-state index in [1.54, 1.807) is 0 Å². The molecule has 0 aliphatic heterocycles. The molecule has 0 amide bonds. The Kier molecular flexibility index (Phi) is 3.10. The number of hydrogen-bond donors (Lipinski definition) is 1. The molecule has 1 aromatic heterocycles. The Morgan fingerprint density at radius 2 is 2.25 bits per heavy atom. The molecular formula is C12H16N2O2. The van der Waals surface area contributed by atoms with Crippen LogP contribution in [-0.2, 0) is 0 Å². The molecule has 0 aliphatic rings. The van der Waals surface area contributed by atoms with Crippen molar-refractivity contribution in [3.63, 3.8) is 0 Å². The van der Waals surface area contributed by atoms with Gasteiger partial charge < -0.3 is 14.4 Å². The molecule has 16 heavy (non-hydrogen) atoms. The van der Waals surface area contributed by atoms with Crippen molar-refractivity contribution in [1.82, 2.24) is 4.98 Å². The first-order chi connectivity index (χ1) is 7.70. The second-order valence-electron chi connectivity index (χ2n) is 3.88. The average Bonchev–Trinajstić information content (AvgIpc) is 2.64. The summed E-state index contributed by atoms with van der Waals surface area (Å²) in [5, 5.41) is 8.78. The number of aliphatic hydroxyl groups is 1. The molecule has 1 aromatic carbocycles. The molecule has 86 valence electrons. The summed E-state index contributed by atoms with van der Waals surface area (Å²) >= 11 is 0.